The van der Waals surface area contributed by atoms with Crippen LogP contribution in [0.5, 0.6) is 0 Å². The van der Waals surface area contributed by atoms with Crippen LogP contribution in [-0.2, 0) is 10.8 Å². The molecule has 0 saturated carbocycles. The molecule has 0 radical (unpaired) electrons. The molecular formula is C38H34Br2N2. The molecule has 0 aliphatic heterocycles. The van der Waals surface area contributed by atoms with Crippen molar-refractivity contribution in [1.29, 1.82) is 0 Å². The zero-order chi connectivity index (χ0) is 29.6. The summed E-state index contributed by atoms with van der Waals surface area (Å²) in [4.78, 5) is 0. The van der Waals surface area contributed by atoms with Crippen molar-refractivity contribution in [2.45, 2.75) is 52.4 Å². The minimum atomic E-state index is 0.0755. The highest BCUT2D eigenvalue weighted by molar-refractivity contribution is 9.11. The number of hydrogen-bond donors (Lipinski definition) is 0. The molecule has 0 atom stereocenters. The van der Waals surface area contributed by atoms with Crippen molar-refractivity contribution < 1.29 is 0 Å². The standard InChI is InChI=1S/C38H34Br2N2/c1-37(2,3)23-15-17-33-27(19-23)25-11-7-9-13-31(25)41(33)35-22-36(30(40)21-29(35)39)42-32-14-10-8-12-26(32)28-20-24(38(4,5)6)16-18-34(28)42/h7-22H,1-6H3. The molecular weight excluding hydrogens is 644 g/mol. The first-order valence-corrected chi connectivity index (χ1v) is 16.1. The van der Waals surface area contributed by atoms with E-state index < -0.39 is 0 Å². The Morgan fingerprint density at radius 3 is 1.21 bits per heavy atom. The molecule has 42 heavy (non-hydrogen) atoms. The summed E-state index contributed by atoms with van der Waals surface area (Å²) in [6.07, 6.45) is 0. The van der Waals surface area contributed by atoms with Gasteiger partial charge in [0.15, 0.2) is 0 Å². The van der Waals surface area contributed by atoms with Crippen LogP contribution in [0.1, 0.15) is 52.7 Å². The van der Waals surface area contributed by atoms with Crippen molar-refractivity contribution in [2.24, 2.45) is 0 Å². The predicted octanol–water partition coefficient (Wildman–Crippen LogP) is 12.0. The van der Waals surface area contributed by atoms with Crippen molar-refractivity contribution in [3.63, 3.8) is 0 Å². The molecule has 0 unspecified atom stereocenters. The Hall–Kier alpha value is -3.34. The molecule has 0 N–H and O–H groups in total. The van der Waals surface area contributed by atoms with Gasteiger partial charge in [-0.15, -0.1) is 0 Å². The fraction of sp³-hybridized carbons (Fsp3) is 0.211. The fourth-order valence-electron chi connectivity index (χ4n) is 6.27. The van der Waals surface area contributed by atoms with Crippen LogP contribution in [0.3, 0.4) is 0 Å². The van der Waals surface area contributed by atoms with Crippen molar-refractivity contribution in [2.75, 3.05) is 0 Å². The lowest BCUT2D eigenvalue weighted by molar-refractivity contribution is 0.591. The van der Waals surface area contributed by atoms with E-state index in [4.69, 9.17) is 0 Å². The van der Waals surface area contributed by atoms with Gasteiger partial charge in [0.25, 0.3) is 0 Å². The number of benzene rings is 5. The van der Waals surface area contributed by atoms with Gasteiger partial charge in [-0.3, -0.25) is 0 Å². The summed E-state index contributed by atoms with van der Waals surface area (Å²) >= 11 is 7.91. The average molecular weight is 679 g/mol. The predicted molar refractivity (Wildman–Crippen MR) is 188 cm³/mol. The molecule has 0 bridgehead atoms. The average Bonchev–Trinajstić information content (AvgIpc) is 3.45. The van der Waals surface area contributed by atoms with E-state index >= 15 is 0 Å². The van der Waals surface area contributed by atoms with E-state index in [9.17, 15) is 0 Å². The van der Waals surface area contributed by atoms with Crippen molar-refractivity contribution in [3.05, 3.63) is 117 Å². The van der Waals surface area contributed by atoms with E-state index in [1.165, 1.54) is 54.7 Å². The highest BCUT2D eigenvalue weighted by atomic mass is 79.9. The lowest BCUT2D eigenvalue weighted by Crippen LogP contribution is -2.10. The molecule has 0 aliphatic rings. The maximum atomic E-state index is 3.95. The van der Waals surface area contributed by atoms with Crippen LogP contribution in [0.25, 0.3) is 55.0 Å². The van der Waals surface area contributed by atoms with Gasteiger partial charge >= 0.3 is 0 Å². The molecule has 7 aromatic rings. The van der Waals surface area contributed by atoms with Crippen LogP contribution in [0, 0.1) is 0 Å². The van der Waals surface area contributed by atoms with Crippen LogP contribution < -0.4 is 0 Å². The van der Waals surface area contributed by atoms with Crippen LogP contribution >= 0.6 is 31.9 Å². The lowest BCUT2D eigenvalue weighted by Gasteiger charge is -2.20. The number of nitrogens with zero attached hydrogens (tertiary/aromatic N) is 2. The van der Waals surface area contributed by atoms with Crippen molar-refractivity contribution in [1.82, 2.24) is 9.13 Å². The minimum Gasteiger partial charge on any atom is -0.308 e. The third kappa shape index (κ3) is 4.26. The van der Waals surface area contributed by atoms with Crippen molar-refractivity contribution in [3.8, 4) is 11.4 Å². The number of para-hydroxylation sites is 2. The van der Waals surface area contributed by atoms with E-state index in [0.717, 1.165) is 20.3 Å². The van der Waals surface area contributed by atoms with Gasteiger partial charge in [0.05, 0.1) is 33.4 Å². The molecule has 7 rings (SSSR count). The largest absolute Gasteiger partial charge is 0.308 e. The molecule has 0 fully saturated rings. The summed E-state index contributed by atoms with van der Waals surface area (Å²) in [7, 11) is 0. The molecule has 2 aromatic heterocycles. The Morgan fingerprint density at radius 2 is 0.810 bits per heavy atom. The van der Waals surface area contributed by atoms with Gasteiger partial charge < -0.3 is 9.13 Å². The molecule has 2 nitrogen and oxygen atoms in total. The molecule has 0 aliphatic carbocycles. The first kappa shape index (κ1) is 27.5. The topological polar surface area (TPSA) is 9.86 Å². The normalized spacial score (nSPS) is 12.8. The molecule has 210 valence electrons. The third-order valence-electron chi connectivity index (χ3n) is 8.58. The van der Waals surface area contributed by atoms with Crippen LogP contribution in [0.4, 0.5) is 0 Å². The number of halogens is 2. The summed E-state index contributed by atoms with van der Waals surface area (Å²) < 4.78 is 6.89. The second kappa shape index (κ2) is 9.59. The maximum Gasteiger partial charge on any atom is 0.0625 e. The SMILES string of the molecule is CC(C)(C)c1ccc2c(c1)c1ccccc1n2-c1cc(-n2c3ccccc3c3cc(C(C)(C)C)ccc32)c(Br)cc1Br. The van der Waals surface area contributed by atoms with E-state index in [-0.39, 0.29) is 10.8 Å². The summed E-state index contributed by atoms with van der Waals surface area (Å²) in [6, 6.07) is 35.9. The van der Waals surface area contributed by atoms with E-state index in [2.05, 4.69) is 180 Å². The minimum absolute atomic E-state index is 0.0755. The van der Waals surface area contributed by atoms with Crippen LogP contribution in [-0.4, -0.2) is 9.13 Å². The number of rotatable bonds is 2. The van der Waals surface area contributed by atoms with E-state index in [1.54, 1.807) is 0 Å². The van der Waals surface area contributed by atoms with Crippen molar-refractivity contribution >= 4 is 75.5 Å². The molecule has 5 aromatic carbocycles. The zero-order valence-corrected chi connectivity index (χ0v) is 28.1. The number of fused-ring (bicyclic) bond motifs is 6. The summed E-state index contributed by atoms with van der Waals surface area (Å²) in [5.41, 5.74) is 9.86. The van der Waals surface area contributed by atoms with Crippen LogP contribution in [0.15, 0.2) is 106 Å². The highest BCUT2D eigenvalue weighted by Crippen LogP contribution is 2.42. The summed E-state index contributed by atoms with van der Waals surface area (Å²) in [5.74, 6) is 0. The summed E-state index contributed by atoms with van der Waals surface area (Å²) in [6.45, 7) is 13.7. The third-order valence-corrected chi connectivity index (χ3v) is 9.85. The maximum absolute atomic E-state index is 3.95. The first-order valence-electron chi connectivity index (χ1n) is 14.5. The Labute approximate surface area is 264 Å². The van der Waals surface area contributed by atoms with Gasteiger partial charge in [-0.2, -0.15) is 0 Å². The van der Waals surface area contributed by atoms with Gasteiger partial charge in [0.1, 0.15) is 0 Å². The van der Waals surface area contributed by atoms with Gasteiger partial charge in [0, 0.05) is 30.5 Å². The molecule has 0 spiro atoms. The Kier molecular flexibility index (Phi) is 6.27. The fourth-order valence-corrected chi connectivity index (χ4v) is 7.62. The smallest absolute Gasteiger partial charge is 0.0625 e. The lowest BCUT2D eigenvalue weighted by atomic mass is 9.86. The molecule has 2 heterocycles. The quantitative estimate of drug-likeness (QED) is 0.172. The van der Waals surface area contributed by atoms with Gasteiger partial charge in [0.2, 0.25) is 0 Å². The number of aromatic nitrogens is 2. The van der Waals surface area contributed by atoms with Gasteiger partial charge in [-0.05, 0) is 102 Å². The zero-order valence-electron chi connectivity index (χ0n) is 24.9. The Morgan fingerprint density at radius 1 is 0.429 bits per heavy atom. The molecule has 4 heteroatoms. The second-order valence-corrected chi connectivity index (χ2v) is 15.1. The first-order chi connectivity index (χ1) is 19.9. The number of hydrogen-bond acceptors (Lipinski definition) is 0. The van der Waals surface area contributed by atoms with E-state index in [0.29, 0.717) is 0 Å². The molecule has 0 amide bonds. The second-order valence-electron chi connectivity index (χ2n) is 13.4. The Balaban J connectivity index is 1.55. The monoisotopic (exact) mass is 676 g/mol. The van der Waals surface area contributed by atoms with Gasteiger partial charge in [-0.25, -0.2) is 0 Å². The van der Waals surface area contributed by atoms with Crippen LogP contribution in [0.2, 0.25) is 0 Å². The molecule has 0 saturated heterocycles. The summed E-state index contributed by atoms with van der Waals surface area (Å²) in [5, 5.41) is 5.09. The Bertz CT molecular complexity index is 2030. The van der Waals surface area contributed by atoms with Gasteiger partial charge in [-0.1, -0.05) is 90.1 Å². The highest BCUT2D eigenvalue weighted by Gasteiger charge is 2.22. The van der Waals surface area contributed by atoms with E-state index in [1.807, 2.05) is 0 Å².